The van der Waals surface area contributed by atoms with Gasteiger partial charge in [0.1, 0.15) is 24.6 Å². The van der Waals surface area contributed by atoms with Crippen LogP contribution in [0.15, 0.2) is 30.5 Å². The molecule has 1 aromatic carbocycles. The molecule has 0 radical (unpaired) electrons. The van der Waals surface area contributed by atoms with E-state index in [-0.39, 0.29) is 31.2 Å². The molecule has 0 aliphatic carbocycles. The van der Waals surface area contributed by atoms with Crippen LogP contribution in [0.25, 0.3) is 0 Å². The van der Waals surface area contributed by atoms with Crippen LogP contribution in [0.4, 0.5) is 13.2 Å². The number of nitrogens with zero attached hydrogens (tertiary/aromatic N) is 2. The van der Waals surface area contributed by atoms with Crippen LogP contribution in [-0.4, -0.2) is 56.6 Å². The number of benzene rings is 1. The molecule has 0 spiro atoms. The first-order valence-electron chi connectivity index (χ1n) is 10.6. The van der Waals surface area contributed by atoms with E-state index in [9.17, 15) is 27.9 Å². The lowest BCUT2D eigenvalue weighted by atomic mass is 10.0. The molecule has 0 fully saturated rings. The summed E-state index contributed by atoms with van der Waals surface area (Å²) < 4.78 is 52.8. The van der Waals surface area contributed by atoms with Crippen LogP contribution in [0.5, 0.6) is 11.8 Å². The number of carboxylic acid groups (broad SMARTS) is 1. The molecule has 0 saturated carbocycles. The second-order valence-electron chi connectivity index (χ2n) is 8.60. The van der Waals surface area contributed by atoms with Gasteiger partial charge in [-0.15, -0.1) is 0 Å². The number of esters is 1. The summed E-state index contributed by atoms with van der Waals surface area (Å²) in [7, 11) is 0. The fourth-order valence-electron chi connectivity index (χ4n) is 2.82. The number of carbonyl (C=O) groups is 2. The predicted molar refractivity (Wildman–Crippen MR) is 116 cm³/mol. The minimum Gasteiger partial charge on any atom is -0.487 e. The Morgan fingerprint density at radius 3 is 2.46 bits per heavy atom. The van der Waals surface area contributed by atoms with Crippen molar-refractivity contribution in [3.8, 4) is 11.8 Å². The van der Waals surface area contributed by atoms with E-state index in [0.717, 1.165) is 0 Å². The maximum absolute atomic E-state index is 12.3. The Labute approximate surface area is 199 Å². The van der Waals surface area contributed by atoms with Crippen molar-refractivity contribution in [2.24, 2.45) is 0 Å². The molecule has 0 saturated heterocycles. The molecule has 192 valence electrons. The Morgan fingerprint density at radius 2 is 1.83 bits per heavy atom. The molecule has 1 aromatic heterocycles. The minimum atomic E-state index is -4.37. The molecule has 1 heterocycles. The first-order valence-corrected chi connectivity index (χ1v) is 10.6. The number of aliphatic hydroxyl groups excluding tert-OH is 1. The summed E-state index contributed by atoms with van der Waals surface area (Å²) in [5.41, 5.74) is 0.484. The summed E-state index contributed by atoms with van der Waals surface area (Å²) in [6.07, 6.45) is -6.29. The molecule has 2 rings (SSSR count). The highest BCUT2D eigenvalue weighted by atomic mass is 19.4. The van der Waals surface area contributed by atoms with Crippen LogP contribution >= 0.6 is 0 Å². The van der Waals surface area contributed by atoms with Crippen molar-refractivity contribution in [3.63, 3.8) is 0 Å². The van der Waals surface area contributed by atoms with Crippen molar-refractivity contribution < 1.29 is 47.2 Å². The van der Waals surface area contributed by atoms with E-state index < -0.39 is 42.8 Å². The number of carboxylic acids is 1. The number of aliphatic hydroxyl groups is 1. The van der Waals surface area contributed by atoms with Gasteiger partial charge in [-0.3, -0.25) is 4.79 Å². The van der Waals surface area contributed by atoms with Gasteiger partial charge in [0.25, 0.3) is 0 Å². The zero-order valence-electron chi connectivity index (χ0n) is 19.5. The number of alkyl halides is 3. The van der Waals surface area contributed by atoms with Gasteiger partial charge in [0.15, 0.2) is 6.10 Å². The molecule has 0 bridgehead atoms. The van der Waals surface area contributed by atoms with Crippen LogP contribution < -0.4 is 9.47 Å². The molecule has 0 aliphatic rings. The zero-order valence-corrected chi connectivity index (χ0v) is 19.5. The fourth-order valence-corrected chi connectivity index (χ4v) is 2.82. The van der Waals surface area contributed by atoms with Gasteiger partial charge in [-0.25, -0.2) is 9.78 Å². The number of aromatic nitrogens is 2. The lowest BCUT2D eigenvalue weighted by Crippen LogP contribution is -2.25. The fraction of sp³-hybridized carbons (Fsp3) is 0.478. The predicted octanol–water partition coefficient (Wildman–Crippen LogP) is 3.26. The highest BCUT2D eigenvalue weighted by Crippen LogP contribution is 2.24. The van der Waals surface area contributed by atoms with Crippen molar-refractivity contribution in [2.45, 2.75) is 64.5 Å². The maximum Gasteiger partial charge on any atom is 0.392 e. The summed E-state index contributed by atoms with van der Waals surface area (Å²) in [5, 5.41) is 18.9. The van der Waals surface area contributed by atoms with Gasteiger partial charge in [0.2, 0.25) is 0 Å². The molecule has 9 nitrogen and oxygen atoms in total. The van der Waals surface area contributed by atoms with E-state index in [1.807, 2.05) is 0 Å². The summed E-state index contributed by atoms with van der Waals surface area (Å²) >= 11 is 0. The van der Waals surface area contributed by atoms with Crippen LogP contribution in [-0.2, 0) is 33.8 Å². The molecular formula is C23H27F3N2O7. The van der Waals surface area contributed by atoms with Crippen molar-refractivity contribution in [1.29, 1.82) is 0 Å². The average Bonchev–Trinajstić information content (AvgIpc) is 2.71. The summed E-state index contributed by atoms with van der Waals surface area (Å²) in [5.74, 6) is -1.67. The van der Waals surface area contributed by atoms with Crippen LogP contribution in [0.2, 0.25) is 0 Å². The Bertz CT molecular complexity index is 1020. The monoisotopic (exact) mass is 500 g/mol. The van der Waals surface area contributed by atoms with Gasteiger partial charge in [0, 0.05) is 12.6 Å². The Balaban J connectivity index is 2.13. The Kier molecular flexibility index (Phi) is 9.40. The van der Waals surface area contributed by atoms with E-state index in [4.69, 9.17) is 19.3 Å². The van der Waals surface area contributed by atoms with Gasteiger partial charge in [-0.2, -0.15) is 18.2 Å². The number of rotatable bonds is 11. The first-order chi connectivity index (χ1) is 16.2. The lowest BCUT2D eigenvalue weighted by molar-refractivity contribution is -0.154. The van der Waals surface area contributed by atoms with Crippen LogP contribution in [0, 0.1) is 0 Å². The molecule has 2 aromatic rings. The summed E-state index contributed by atoms with van der Waals surface area (Å²) in [6.45, 7) is 4.42. The van der Waals surface area contributed by atoms with Gasteiger partial charge in [-0.1, -0.05) is 12.1 Å². The normalized spacial score (nSPS) is 12.7. The Hall–Kier alpha value is -3.41. The number of halogens is 3. The average molecular weight is 500 g/mol. The molecule has 0 amide bonds. The molecule has 35 heavy (non-hydrogen) atoms. The third-order valence-corrected chi connectivity index (χ3v) is 4.28. The third kappa shape index (κ3) is 10.6. The van der Waals surface area contributed by atoms with Crippen LogP contribution in [0.1, 0.15) is 44.0 Å². The minimum absolute atomic E-state index is 0.0712. The third-order valence-electron chi connectivity index (χ3n) is 4.28. The van der Waals surface area contributed by atoms with E-state index in [1.165, 1.54) is 24.4 Å². The van der Waals surface area contributed by atoms with Gasteiger partial charge in [0.05, 0.1) is 18.5 Å². The largest absolute Gasteiger partial charge is 0.487 e. The van der Waals surface area contributed by atoms with Crippen LogP contribution in [0.3, 0.4) is 0 Å². The molecule has 0 aliphatic heterocycles. The van der Waals surface area contributed by atoms with Gasteiger partial charge in [-0.05, 0) is 44.0 Å². The highest BCUT2D eigenvalue weighted by Gasteiger charge is 2.27. The summed E-state index contributed by atoms with van der Waals surface area (Å²) in [6, 6.07) is 5.88. The molecule has 1 atom stereocenters. The van der Waals surface area contributed by atoms with E-state index in [2.05, 4.69) is 9.97 Å². The second kappa shape index (κ2) is 11.8. The topological polar surface area (TPSA) is 128 Å². The number of hydrogen-bond donors (Lipinski definition) is 2. The van der Waals surface area contributed by atoms with E-state index in [1.54, 1.807) is 26.8 Å². The van der Waals surface area contributed by atoms with Gasteiger partial charge < -0.3 is 24.4 Å². The number of ether oxygens (including phenoxy) is 3. The SMILES string of the molecule is CC(C)(C)OC(=O)Cc1ccc(OCc2ccnc(OCCC(F)(F)F)n2)c(CC(O)C(=O)O)c1. The Morgan fingerprint density at radius 1 is 1.11 bits per heavy atom. The number of hydrogen-bond acceptors (Lipinski definition) is 8. The van der Waals surface area contributed by atoms with Crippen molar-refractivity contribution in [1.82, 2.24) is 9.97 Å². The standard InChI is InChI=1S/C23H27F3N2O7/c1-22(2,3)35-19(30)11-14-4-5-18(15(10-14)12-17(29)20(31)32)34-13-16-6-8-27-21(28-16)33-9-7-23(24,25)26/h4-6,8,10,17,29H,7,9,11-13H2,1-3H3,(H,31,32). The summed E-state index contributed by atoms with van der Waals surface area (Å²) in [4.78, 5) is 31.0. The maximum atomic E-state index is 12.3. The van der Waals surface area contributed by atoms with E-state index >= 15 is 0 Å². The number of carbonyl (C=O) groups excluding carboxylic acids is 1. The molecule has 12 heteroatoms. The lowest BCUT2D eigenvalue weighted by Gasteiger charge is -2.20. The van der Waals surface area contributed by atoms with Gasteiger partial charge >= 0.3 is 24.1 Å². The highest BCUT2D eigenvalue weighted by molar-refractivity contribution is 5.74. The second-order valence-corrected chi connectivity index (χ2v) is 8.60. The number of aliphatic carboxylic acids is 1. The van der Waals surface area contributed by atoms with Crippen molar-refractivity contribution >= 4 is 11.9 Å². The van der Waals surface area contributed by atoms with Crippen molar-refractivity contribution in [2.75, 3.05) is 6.61 Å². The quantitative estimate of drug-likeness (QED) is 0.447. The smallest absolute Gasteiger partial charge is 0.392 e. The first kappa shape index (κ1) is 27.8. The van der Waals surface area contributed by atoms with Crippen molar-refractivity contribution in [3.05, 3.63) is 47.3 Å². The molecular weight excluding hydrogens is 473 g/mol. The zero-order chi connectivity index (χ0) is 26.2. The molecule has 2 N–H and O–H groups in total. The molecule has 1 unspecified atom stereocenters. The van der Waals surface area contributed by atoms with E-state index in [0.29, 0.717) is 16.8 Å².